The Morgan fingerprint density at radius 2 is 2.10 bits per heavy atom. The van der Waals surface area contributed by atoms with Crippen molar-refractivity contribution >= 4 is 10.9 Å². The third kappa shape index (κ3) is 2.43. The molecule has 1 atom stereocenters. The largest absolute Gasteiger partial charge is 0.289 e. The van der Waals surface area contributed by atoms with Crippen molar-refractivity contribution in [2.45, 2.75) is 25.4 Å². The molecule has 0 amide bonds. The average molecular weight is 278 g/mol. The first-order valence-electron chi connectivity index (χ1n) is 7.48. The van der Waals surface area contributed by atoms with Gasteiger partial charge in [0.25, 0.3) is 0 Å². The van der Waals surface area contributed by atoms with Gasteiger partial charge in [0.1, 0.15) is 0 Å². The fourth-order valence-electron chi connectivity index (χ4n) is 3.22. The molecule has 4 rings (SSSR count). The Hall–Kier alpha value is -2.20. The first-order chi connectivity index (χ1) is 10.4. The molecule has 21 heavy (non-hydrogen) atoms. The Balaban J connectivity index is 1.59. The van der Waals surface area contributed by atoms with Crippen molar-refractivity contribution in [1.82, 2.24) is 20.1 Å². The monoisotopic (exact) mass is 278 g/mol. The first kappa shape index (κ1) is 12.5. The van der Waals surface area contributed by atoms with Crippen LogP contribution in [0.2, 0.25) is 0 Å². The van der Waals surface area contributed by atoms with E-state index in [1.165, 1.54) is 23.9 Å². The number of fused-ring (bicyclic) bond motifs is 1. The highest BCUT2D eigenvalue weighted by molar-refractivity contribution is 5.78. The Labute approximate surface area is 123 Å². The van der Waals surface area contributed by atoms with Crippen molar-refractivity contribution in [2.75, 3.05) is 6.54 Å². The predicted molar refractivity (Wildman–Crippen MR) is 82.7 cm³/mol. The van der Waals surface area contributed by atoms with Crippen LogP contribution in [0.4, 0.5) is 0 Å². The molecular weight excluding hydrogens is 260 g/mol. The normalized spacial score (nSPS) is 19.3. The SMILES string of the molecule is c1ccc2nc(CN3CCCC3c3ccn[nH]3)ccc2c1. The van der Waals surface area contributed by atoms with Crippen LogP contribution >= 0.6 is 0 Å². The maximum Gasteiger partial charge on any atom is 0.0705 e. The minimum atomic E-state index is 0.445. The molecule has 2 aromatic heterocycles. The summed E-state index contributed by atoms with van der Waals surface area (Å²) in [5, 5.41) is 8.40. The summed E-state index contributed by atoms with van der Waals surface area (Å²) in [6.07, 6.45) is 4.26. The van der Waals surface area contributed by atoms with Crippen molar-refractivity contribution in [2.24, 2.45) is 0 Å². The summed E-state index contributed by atoms with van der Waals surface area (Å²) in [5.41, 5.74) is 3.43. The summed E-state index contributed by atoms with van der Waals surface area (Å²) in [7, 11) is 0. The molecule has 1 unspecified atom stereocenters. The summed E-state index contributed by atoms with van der Waals surface area (Å²) in [5.74, 6) is 0. The minimum absolute atomic E-state index is 0.445. The average Bonchev–Trinajstić information content (AvgIpc) is 3.18. The molecule has 3 heterocycles. The quantitative estimate of drug-likeness (QED) is 0.799. The van der Waals surface area contributed by atoms with E-state index in [0.717, 1.165) is 24.3 Å². The molecular formula is C17H18N4. The van der Waals surface area contributed by atoms with E-state index in [1.807, 2.05) is 12.3 Å². The number of hydrogen-bond donors (Lipinski definition) is 1. The number of nitrogens with one attached hydrogen (secondary N) is 1. The second-order valence-corrected chi connectivity index (χ2v) is 5.64. The summed E-state index contributed by atoms with van der Waals surface area (Å²) in [6.45, 7) is 2.02. The zero-order valence-corrected chi connectivity index (χ0v) is 11.9. The molecule has 0 aliphatic carbocycles. The molecule has 1 fully saturated rings. The highest BCUT2D eigenvalue weighted by atomic mass is 15.2. The fraction of sp³-hybridized carbons (Fsp3) is 0.294. The molecule has 0 bridgehead atoms. The van der Waals surface area contributed by atoms with Crippen LogP contribution in [0.25, 0.3) is 10.9 Å². The second kappa shape index (κ2) is 5.30. The predicted octanol–water partition coefficient (Wildman–Crippen LogP) is 3.30. The van der Waals surface area contributed by atoms with E-state index in [4.69, 9.17) is 4.98 Å². The van der Waals surface area contributed by atoms with Crippen molar-refractivity contribution in [3.63, 3.8) is 0 Å². The van der Waals surface area contributed by atoms with Gasteiger partial charge >= 0.3 is 0 Å². The Morgan fingerprint density at radius 1 is 1.14 bits per heavy atom. The summed E-state index contributed by atoms with van der Waals surface area (Å²) >= 11 is 0. The first-order valence-corrected chi connectivity index (χ1v) is 7.48. The number of para-hydroxylation sites is 1. The maximum absolute atomic E-state index is 4.79. The second-order valence-electron chi connectivity index (χ2n) is 5.64. The third-order valence-electron chi connectivity index (χ3n) is 4.27. The van der Waals surface area contributed by atoms with Crippen LogP contribution in [0.1, 0.15) is 30.3 Å². The van der Waals surface area contributed by atoms with Gasteiger partial charge < -0.3 is 0 Å². The molecule has 0 spiro atoms. The number of hydrogen-bond acceptors (Lipinski definition) is 3. The zero-order chi connectivity index (χ0) is 14.1. The van der Waals surface area contributed by atoms with Gasteiger partial charge in [-0.15, -0.1) is 0 Å². The smallest absolute Gasteiger partial charge is 0.0705 e. The maximum atomic E-state index is 4.79. The lowest BCUT2D eigenvalue weighted by Gasteiger charge is -2.23. The van der Waals surface area contributed by atoms with E-state index in [2.05, 4.69) is 51.5 Å². The Kier molecular flexibility index (Phi) is 3.16. The van der Waals surface area contributed by atoms with Gasteiger partial charge in [0.15, 0.2) is 0 Å². The van der Waals surface area contributed by atoms with Gasteiger partial charge in [-0.2, -0.15) is 5.10 Å². The number of H-pyrrole nitrogens is 1. The Bertz CT molecular complexity index is 735. The van der Waals surface area contributed by atoms with Crippen LogP contribution in [-0.4, -0.2) is 26.6 Å². The molecule has 1 aliphatic rings. The summed E-state index contributed by atoms with van der Waals surface area (Å²) < 4.78 is 0. The lowest BCUT2D eigenvalue weighted by molar-refractivity contribution is 0.241. The van der Waals surface area contributed by atoms with Gasteiger partial charge in [-0.25, -0.2) is 0 Å². The van der Waals surface area contributed by atoms with Crippen molar-refractivity contribution < 1.29 is 0 Å². The highest BCUT2D eigenvalue weighted by Gasteiger charge is 2.27. The van der Waals surface area contributed by atoms with E-state index in [0.29, 0.717) is 6.04 Å². The minimum Gasteiger partial charge on any atom is -0.289 e. The number of pyridine rings is 1. The van der Waals surface area contributed by atoms with E-state index in [-0.39, 0.29) is 0 Å². The molecule has 0 radical (unpaired) electrons. The fourth-order valence-corrected chi connectivity index (χ4v) is 3.22. The molecule has 1 aromatic carbocycles. The molecule has 1 N–H and O–H groups in total. The number of aromatic amines is 1. The molecule has 0 saturated carbocycles. The van der Waals surface area contributed by atoms with E-state index in [9.17, 15) is 0 Å². The molecule has 106 valence electrons. The van der Waals surface area contributed by atoms with Crippen molar-refractivity contribution in [3.05, 3.63) is 60.0 Å². The highest BCUT2D eigenvalue weighted by Crippen LogP contribution is 2.31. The number of rotatable bonds is 3. The summed E-state index contributed by atoms with van der Waals surface area (Å²) in [6, 6.07) is 15.1. The Morgan fingerprint density at radius 3 is 3.00 bits per heavy atom. The van der Waals surface area contributed by atoms with E-state index < -0.39 is 0 Å². The van der Waals surface area contributed by atoms with Crippen LogP contribution in [0.3, 0.4) is 0 Å². The topological polar surface area (TPSA) is 44.8 Å². The van der Waals surface area contributed by atoms with Crippen LogP contribution < -0.4 is 0 Å². The standard InChI is InChI=1S/C17H18N4/c1-2-5-15-13(4-1)7-8-14(19-15)12-21-11-3-6-17(21)16-9-10-18-20-16/h1-2,4-5,7-10,17H,3,6,11-12H2,(H,18,20). The lowest BCUT2D eigenvalue weighted by atomic mass is 10.1. The zero-order valence-electron chi connectivity index (χ0n) is 11.9. The van der Waals surface area contributed by atoms with Crippen molar-refractivity contribution in [1.29, 1.82) is 0 Å². The molecule has 4 heteroatoms. The van der Waals surface area contributed by atoms with Crippen LogP contribution in [0.15, 0.2) is 48.7 Å². The number of nitrogens with zero attached hydrogens (tertiary/aromatic N) is 3. The molecule has 1 saturated heterocycles. The third-order valence-corrected chi connectivity index (χ3v) is 4.27. The number of likely N-dealkylation sites (tertiary alicyclic amines) is 1. The molecule has 3 aromatic rings. The van der Waals surface area contributed by atoms with E-state index >= 15 is 0 Å². The van der Waals surface area contributed by atoms with Gasteiger partial charge in [-0.05, 0) is 37.6 Å². The van der Waals surface area contributed by atoms with Crippen LogP contribution in [0, 0.1) is 0 Å². The van der Waals surface area contributed by atoms with Gasteiger partial charge in [0.2, 0.25) is 0 Å². The number of aromatic nitrogens is 3. The van der Waals surface area contributed by atoms with Gasteiger partial charge in [0.05, 0.1) is 22.9 Å². The van der Waals surface area contributed by atoms with Gasteiger partial charge in [0, 0.05) is 18.1 Å². The molecule has 1 aliphatic heterocycles. The molecule has 4 nitrogen and oxygen atoms in total. The van der Waals surface area contributed by atoms with Crippen molar-refractivity contribution in [3.8, 4) is 0 Å². The lowest BCUT2D eigenvalue weighted by Crippen LogP contribution is -2.23. The van der Waals surface area contributed by atoms with Crippen LogP contribution in [-0.2, 0) is 6.54 Å². The number of benzene rings is 1. The van der Waals surface area contributed by atoms with Gasteiger partial charge in [-0.1, -0.05) is 24.3 Å². The summed E-state index contributed by atoms with van der Waals surface area (Å²) in [4.78, 5) is 7.28. The van der Waals surface area contributed by atoms with Gasteiger partial charge in [-0.3, -0.25) is 15.0 Å². The van der Waals surface area contributed by atoms with E-state index in [1.54, 1.807) is 0 Å². The van der Waals surface area contributed by atoms with Crippen LogP contribution in [0.5, 0.6) is 0 Å².